The number of hydrogen-bond acceptors (Lipinski definition) is 4. The monoisotopic (exact) mass is 376 g/mol. The molecule has 0 bridgehead atoms. The van der Waals surface area contributed by atoms with Crippen LogP contribution in [0.1, 0.15) is 104 Å². The summed E-state index contributed by atoms with van der Waals surface area (Å²) in [4.78, 5) is 10.3. The van der Waals surface area contributed by atoms with E-state index in [9.17, 15) is 4.79 Å². The number of carbonyl (C=O) groups is 1. The van der Waals surface area contributed by atoms with Gasteiger partial charge in [0.05, 0.1) is 19.8 Å². The van der Waals surface area contributed by atoms with Gasteiger partial charge in [-0.1, -0.05) is 90.9 Å². The first-order valence-corrected chi connectivity index (χ1v) is 10.5. The van der Waals surface area contributed by atoms with Crippen molar-refractivity contribution in [1.29, 1.82) is 0 Å². The minimum absolute atomic E-state index is 0.181. The zero-order valence-electron chi connectivity index (χ0n) is 17.2. The molecular formula is C21H44O5. The third-order valence-corrected chi connectivity index (χ3v) is 4.64. The molecule has 0 aliphatic heterocycles. The van der Waals surface area contributed by atoms with E-state index in [-0.39, 0.29) is 19.8 Å². The van der Waals surface area contributed by atoms with E-state index in [1.807, 2.05) is 0 Å². The molecule has 0 aliphatic carbocycles. The molecule has 0 aromatic carbocycles. The molecule has 26 heavy (non-hydrogen) atoms. The molecule has 0 radical (unpaired) electrons. The Balaban J connectivity index is 0. The Morgan fingerprint density at radius 1 is 0.654 bits per heavy atom. The lowest BCUT2D eigenvalue weighted by Crippen LogP contribution is -2.29. The Hall–Kier alpha value is -0.650. The summed E-state index contributed by atoms with van der Waals surface area (Å²) >= 11 is 0. The van der Waals surface area contributed by atoms with Crippen LogP contribution < -0.4 is 0 Å². The Morgan fingerprint density at radius 2 is 0.962 bits per heavy atom. The number of carboxylic acid groups (broad SMARTS) is 1. The smallest absolute Gasteiger partial charge is 0.303 e. The van der Waals surface area contributed by atoms with E-state index < -0.39 is 11.4 Å². The third kappa shape index (κ3) is 21.4. The first-order valence-electron chi connectivity index (χ1n) is 10.5. The summed E-state index contributed by atoms with van der Waals surface area (Å²) in [5, 5.41) is 33.9. The second-order valence-electron chi connectivity index (χ2n) is 7.67. The summed E-state index contributed by atoms with van der Waals surface area (Å²) in [5.74, 6) is -0.655. The lowest BCUT2D eigenvalue weighted by molar-refractivity contribution is -0.137. The fourth-order valence-corrected chi connectivity index (χ4v) is 2.44. The predicted octanol–water partition coefficient (Wildman–Crippen LogP) is 4.52. The maximum atomic E-state index is 10.3. The fourth-order valence-electron chi connectivity index (χ4n) is 2.44. The number of aliphatic hydroxyl groups excluding tert-OH is 3. The lowest BCUT2D eigenvalue weighted by Gasteiger charge is -2.20. The molecule has 0 heterocycles. The van der Waals surface area contributed by atoms with E-state index in [1.165, 1.54) is 70.6 Å². The average molecular weight is 377 g/mol. The molecule has 0 spiro atoms. The van der Waals surface area contributed by atoms with Gasteiger partial charge in [-0.15, -0.1) is 0 Å². The summed E-state index contributed by atoms with van der Waals surface area (Å²) in [5.41, 5.74) is -0.708. The molecule has 0 aliphatic rings. The van der Waals surface area contributed by atoms with Crippen molar-refractivity contribution in [2.45, 2.75) is 104 Å². The summed E-state index contributed by atoms with van der Waals surface area (Å²) in [7, 11) is 0. The van der Waals surface area contributed by atoms with Crippen LogP contribution in [0.25, 0.3) is 0 Å². The maximum Gasteiger partial charge on any atom is 0.303 e. The normalized spacial score (nSPS) is 11.1. The van der Waals surface area contributed by atoms with Gasteiger partial charge < -0.3 is 20.4 Å². The van der Waals surface area contributed by atoms with Crippen molar-refractivity contribution in [2.24, 2.45) is 5.41 Å². The van der Waals surface area contributed by atoms with Gasteiger partial charge in [-0.3, -0.25) is 4.79 Å². The van der Waals surface area contributed by atoms with Crippen LogP contribution in [0, 0.1) is 5.41 Å². The van der Waals surface area contributed by atoms with Crippen LogP contribution in [0.4, 0.5) is 0 Å². The van der Waals surface area contributed by atoms with Gasteiger partial charge in [-0.25, -0.2) is 0 Å². The van der Waals surface area contributed by atoms with Crippen molar-refractivity contribution >= 4 is 5.97 Å². The molecule has 0 aromatic rings. The van der Waals surface area contributed by atoms with Crippen LogP contribution in [0.2, 0.25) is 0 Å². The van der Waals surface area contributed by atoms with Crippen molar-refractivity contribution < 1.29 is 25.2 Å². The minimum Gasteiger partial charge on any atom is -0.481 e. The van der Waals surface area contributed by atoms with Crippen LogP contribution in [0.3, 0.4) is 0 Å². The van der Waals surface area contributed by atoms with Crippen LogP contribution in [0.15, 0.2) is 0 Å². The first-order chi connectivity index (χ1) is 12.5. The Kier molecular flexibility index (Phi) is 21.9. The van der Waals surface area contributed by atoms with E-state index in [0.717, 1.165) is 12.8 Å². The third-order valence-electron chi connectivity index (χ3n) is 4.64. The maximum absolute atomic E-state index is 10.3. The Bertz CT molecular complexity index is 282. The van der Waals surface area contributed by atoms with Crippen molar-refractivity contribution in [1.82, 2.24) is 0 Å². The first kappa shape index (κ1) is 27.6. The van der Waals surface area contributed by atoms with Crippen LogP contribution >= 0.6 is 0 Å². The number of aliphatic carboxylic acids is 1. The van der Waals surface area contributed by atoms with Crippen LogP contribution in [0.5, 0.6) is 0 Å². The minimum atomic E-state index is -0.708. The van der Waals surface area contributed by atoms with Gasteiger partial charge >= 0.3 is 5.97 Å². The Labute approximate surface area is 160 Å². The molecule has 0 aromatic heterocycles. The molecule has 158 valence electrons. The fraction of sp³-hybridized carbons (Fsp3) is 0.952. The summed E-state index contributed by atoms with van der Waals surface area (Å²) < 4.78 is 0. The lowest BCUT2D eigenvalue weighted by atomic mass is 9.95. The van der Waals surface area contributed by atoms with Gasteiger partial charge in [-0.05, 0) is 6.42 Å². The Morgan fingerprint density at radius 3 is 1.19 bits per heavy atom. The van der Waals surface area contributed by atoms with Gasteiger partial charge in [0.1, 0.15) is 0 Å². The van der Waals surface area contributed by atoms with E-state index in [4.69, 9.17) is 20.4 Å². The van der Waals surface area contributed by atoms with E-state index in [2.05, 4.69) is 6.92 Å². The molecule has 5 nitrogen and oxygen atoms in total. The highest BCUT2D eigenvalue weighted by Gasteiger charge is 2.20. The van der Waals surface area contributed by atoms with Crippen LogP contribution in [-0.4, -0.2) is 46.2 Å². The molecule has 0 rings (SSSR count). The molecule has 4 N–H and O–H groups in total. The van der Waals surface area contributed by atoms with Crippen molar-refractivity contribution in [3.8, 4) is 0 Å². The molecule has 5 heteroatoms. The molecule has 0 atom stereocenters. The SMILES string of the molecule is CC(CO)(CO)CO.CCCCCCCCCCCCCCCC(=O)O. The molecule has 0 unspecified atom stereocenters. The predicted molar refractivity (Wildman–Crippen MR) is 107 cm³/mol. The highest BCUT2D eigenvalue weighted by atomic mass is 16.4. The van der Waals surface area contributed by atoms with Gasteiger partial charge in [0.25, 0.3) is 0 Å². The molecular weight excluding hydrogens is 332 g/mol. The van der Waals surface area contributed by atoms with E-state index in [0.29, 0.717) is 6.42 Å². The topological polar surface area (TPSA) is 98.0 Å². The number of rotatable bonds is 17. The van der Waals surface area contributed by atoms with Gasteiger partial charge in [0, 0.05) is 11.8 Å². The largest absolute Gasteiger partial charge is 0.481 e. The number of aliphatic hydroxyl groups is 3. The van der Waals surface area contributed by atoms with Crippen molar-refractivity contribution in [2.75, 3.05) is 19.8 Å². The van der Waals surface area contributed by atoms with Gasteiger partial charge in [0.15, 0.2) is 0 Å². The van der Waals surface area contributed by atoms with Gasteiger partial charge in [-0.2, -0.15) is 0 Å². The summed E-state index contributed by atoms with van der Waals surface area (Å²) in [6.07, 6.45) is 17.3. The average Bonchev–Trinajstić information content (AvgIpc) is 2.65. The van der Waals surface area contributed by atoms with Crippen molar-refractivity contribution in [3.05, 3.63) is 0 Å². The van der Waals surface area contributed by atoms with E-state index in [1.54, 1.807) is 6.92 Å². The molecule has 0 fully saturated rings. The van der Waals surface area contributed by atoms with E-state index >= 15 is 0 Å². The second-order valence-corrected chi connectivity index (χ2v) is 7.67. The summed E-state index contributed by atoms with van der Waals surface area (Å²) in [6.45, 7) is 3.32. The quantitative estimate of drug-likeness (QED) is 0.280. The van der Waals surface area contributed by atoms with Gasteiger partial charge in [0.2, 0.25) is 0 Å². The standard InChI is InChI=1S/C16H32O2.C5H12O3/c1-2-3-4-5-6-7-8-9-10-11-12-13-14-15-16(17)18;1-5(2-6,3-7)4-8/h2-15H2,1H3,(H,17,18);6-8H,2-4H2,1H3. The molecule has 0 saturated heterocycles. The van der Waals surface area contributed by atoms with Crippen LogP contribution in [-0.2, 0) is 4.79 Å². The zero-order chi connectivity index (χ0) is 20.1. The zero-order valence-corrected chi connectivity index (χ0v) is 17.2. The number of carboxylic acids is 1. The number of hydrogen-bond donors (Lipinski definition) is 4. The number of unbranched alkanes of at least 4 members (excludes halogenated alkanes) is 12. The highest BCUT2D eigenvalue weighted by Crippen LogP contribution is 2.13. The molecule has 0 amide bonds. The second kappa shape index (κ2) is 20.7. The highest BCUT2D eigenvalue weighted by molar-refractivity contribution is 5.66. The van der Waals surface area contributed by atoms with Crippen molar-refractivity contribution in [3.63, 3.8) is 0 Å². The molecule has 0 saturated carbocycles. The summed E-state index contributed by atoms with van der Waals surface area (Å²) in [6, 6.07) is 0.